The highest BCUT2D eigenvalue weighted by Gasteiger charge is 2.15. The van der Waals surface area contributed by atoms with Crippen molar-refractivity contribution in [3.05, 3.63) is 29.8 Å². The van der Waals surface area contributed by atoms with Gasteiger partial charge >= 0.3 is 0 Å². The van der Waals surface area contributed by atoms with Crippen molar-refractivity contribution in [1.29, 1.82) is 0 Å². The number of hydrogen-bond acceptors (Lipinski definition) is 4. The molecule has 4 N–H and O–H groups in total. The van der Waals surface area contributed by atoms with Gasteiger partial charge in [-0.1, -0.05) is 12.1 Å². The van der Waals surface area contributed by atoms with Crippen LogP contribution in [-0.4, -0.2) is 28.9 Å². The van der Waals surface area contributed by atoms with Crippen LogP contribution in [0.15, 0.2) is 24.3 Å². The summed E-state index contributed by atoms with van der Waals surface area (Å²) in [5, 5.41) is 25.6. The van der Waals surface area contributed by atoms with Crippen molar-refractivity contribution in [2.24, 2.45) is 0 Å². The average molecular weight is 238 g/mol. The fourth-order valence-electron chi connectivity index (χ4n) is 1.49. The van der Waals surface area contributed by atoms with Gasteiger partial charge in [-0.25, -0.2) is 0 Å². The molecular weight excluding hydrogens is 216 g/mol. The number of hydrogen-bond donors (Lipinski definition) is 4. The molecule has 1 atom stereocenters. The van der Waals surface area contributed by atoms with Gasteiger partial charge in [0.25, 0.3) is 0 Å². The third-order valence-electron chi connectivity index (χ3n) is 2.31. The van der Waals surface area contributed by atoms with E-state index in [-0.39, 0.29) is 0 Å². The highest BCUT2D eigenvalue weighted by atomic mass is 16.3. The van der Waals surface area contributed by atoms with Gasteiger partial charge in [-0.05, 0) is 38.5 Å². The van der Waals surface area contributed by atoms with Crippen molar-refractivity contribution in [3.63, 3.8) is 0 Å². The van der Waals surface area contributed by atoms with Crippen molar-refractivity contribution in [2.45, 2.75) is 32.6 Å². The van der Waals surface area contributed by atoms with Crippen LogP contribution in [0.25, 0.3) is 0 Å². The third-order valence-corrected chi connectivity index (χ3v) is 2.31. The Morgan fingerprint density at radius 2 is 2.06 bits per heavy atom. The average Bonchev–Trinajstić information content (AvgIpc) is 2.26. The first-order chi connectivity index (χ1) is 7.92. The lowest BCUT2D eigenvalue weighted by Gasteiger charge is -2.21. The van der Waals surface area contributed by atoms with Crippen LogP contribution in [0, 0.1) is 0 Å². The molecule has 0 heterocycles. The van der Waals surface area contributed by atoms with Crippen molar-refractivity contribution in [1.82, 2.24) is 5.32 Å². The molecule has 1 rings (SSSR count). The van der Waals surface area contributed by atoms with E-state index in [4.69, 9.17) is 0 Å². The monoisotopic (exact) mass is 238 g/mol. The highest BCUT2D eigenvalue weighted by Crippen LogP contribution is 2.16. The summed E-state index contributed by atoms with van der Waals surface area (Å²) in [6, 6.07) is 7.59. The Balaban J connectivity index is 2.62. The molecule has 0 radical (unpaired) electrons. The molecule has 17 heavy (non-hydrogen) atoms. The summed E-state index contributed by atoms with van der Waals surface area (Å²) >= 11 is 0. The molecule has 0 amide bonds. The predicted octanol–water partition coefficient (Wildman–Crippen LogP) is 1.47. The van der Waals surface area contributed by atoms with E-state index in [9.17, 15) is 10.2 Å². The standard InChI is InChI=1S/C13H22N2O2/c1-4-14-11-7-5-6-10(8-11)12(16)15-9-13(2,3)17/h5-8,12,14-17H,4,9H2,1-3H3. The molecule has 0 spiro atoms. The molecule has 0 fully saturated rings. The minimum atomic E-state index is -0.833. The summed E-state index contributed by atoms with van der Waals surface area (Å²) in [5.41, 5.74) is 0.932. The fourth-order valence-corrected chi connectivity index (χ4v) is 1.49. The first-order valence-electron chi connectivity index (χ1n) is 5.90. The smallest absolute Gasteiger partial charge is 0.131 e. The second-order valence-electron chi connectivity index (χ2n) is 4.75. The number of aliphatic hydroxyl groups is 2. The van der Waals surface area contributed by atoms with Crippen LogP contribution in [0.4, 0.5) is 5.69 Å². The van der Waals surface area contributed by atoms with E-state index in [1.807, 2.05) is 31.2 Å². The van der Waals surface area contributed by atoms with E-state index in [0.717, 1.165) is 17.8 Å². The van der Waals surface area contributed by atoms with Crippen LogP contribution >= 0.6 is 0 Å². The van der Waals surface area contributed by atoms with Crippen LogP contribution in [0.3, 0.4) is 0 Å². The van der Waals surface area contributed by atoms with Gasteiger partial charge in [0, 0.05) is 18.8 Å². The first-order valence-corrected chi connectivity index (χ1v) is 5.90. The van der Waals surface area contributed by atoms with Gasteiger partial charge in [-0.2, -0.15) is 0 Å². The Hall–Kier alpha value is -1.10. The van der Waals surface area contributed by atoms with Gasteiger partial charge in [0.15, 0.2) is 0 Å². The third kappa shape index (κ3) is 5.17. The normalized spacial score (nSPS) is 13.5. The topological polar surface area (TPSA) is 64.5 Å². The van der Waals surface area contributed by atoms with Crippen molar-refractivity contribution in [3.8, 4) is 0 Å². The largest absolute Gasteiger partial charge is 0.389 e. The van der Waals surface area contributed by atoms with Crippen molar-refractivity contribution >= 4 is 5.69 Å². The Bertz CT molecular complexity index is 348. The lowest BCUT2D eigenvalue weighted by Crippen LogP contribution is -2.36. The van der Waals surface area contributed by atoms with Crippen LogP contribution in [0.5, 0.6) is 0 Å². The van der Waals surface area contributed by atoms with Crippen molar-refractivity contribution in [2.75, 3.05) is 18.4 Å². The maximum atomic E-state index is 9.93. The van der Waals surface area contributed by atoms with Crippen LogP contribution in [0.2, 0.25) is 0 Å². The van der Waals surface area contributed by atoms with Crippen LogP contribution in [-0.2, 0) is 0 Å². The van der Waals surface area contributed by atoms with Crippen LogP contribution in [0.1, 0.15) is 32.6 Å². The van der Waals surface area contributed by atoms with E-state index in [1.54, 1.807) is 13.8 Å². The van der Waals surface area contributed by atoms with E-state index >= 15 is 0 Å². The number of nitrogens with one attached hydrogen (secondary N) is 2. The van der Waals surface area contributed by atoms with E-state index in [0.29, 0.717) is 6.54 Å². The molecule has 0 aliphatic rings. The Morgan fingerprint density at radius 3 is 2.65 bits per heavy atom. The molecule has 0 aliphatic heterocycles. The van der Waals surface area contributed by atoms with Gasteiger partial charge in [-0.15, -0.1) is 0 Å². The number of aliphatic hydroxyl groups excluding tert-OH is 1. The second-order valence-corrected chi connectivity index (χ2v) is 4.75. The maximum absolute atomic E-state index is 9.93. The molecule has 1 aromatic carbocycles. The molecule has 0 aliphatic carbocycles. The summed E-state index contributed by atoms with van der Waals surface area (Å²) in [6.45, 7) is 6.59. The summed E-state index contributed by atoms with van der Waals surface area (Å²) in [4.78, 5) is 0. The lowest BCUT2D eigenvalue weighted by molar-refractivity contribution is 0.0495. The molecule has 96 valence electrons. The second kappa shape index (κ2) is 6.00. The quantitative estimate of drug-likeness (QED) is 0.567. The summed E-state index contributed by atoms with van der Waals surface area (Å²) in [5.74, 6) is 0. The molecule has 4 heteroatoms. The first kappa shape index (κ1) is 14.0. The van der Waals surface area contributed by atoms with E-state index < -0.39 is 11.8 Å². The zero-order valence-corrected chi connectivity index (χ0v) is 10.7. The molecular formula is C13H22N2O2. The fraction of sp³-hybridized carbons (Fsp3) is 0.538. The van der Waals surface area contributed by atoms with Gasteiger partial charge in [0.05, 0.1) is 5.60 Å². The van der Waals surface area contributed by atoms with E-state index in [1.165, 1.54) is 0 Å². The molecule has 0 bridgehead atoms. The Morgan fingerprint density at radius 1 is 1.35 bits per heavy atom. The maximum Gasteiger partial charge on any atom is 0.131 e. The van der Waals surface area contributed by atoms with Crippen LogP contribution < -0.4 is 10.6 Å². The summed E-state index contributed by atoms with van der Waals surface area (Å²) in [7, 11) is 0. The SMILES string of the molecule is CCNc1cccc(C(O)NCC(C)(C)O)c1. The minimum Gasteiger partial charge on any atom is -0.389 e. The number of benzene rings is 1. The Labute approximate surface area is 103 Å². The minimum absolute atomic E-state index is 0.333. The predicted molar refractivity (Wildman–Crippen MR) is 69.9 cm³/mol. The van der Waals surface area contributed by atoms with Gasteiger partial charge in [0.1, 0.15) is 6.23 Å². The molecule has 1 aromatic rings. The summed E-state index contributed by atoms with van der Waals surface area (Å²) < 4.78 is 0. The zero-order chi connectivity index (χ0) is 12.9. The number of rotatable bonds is 6. The molecule has 0 saturated heterocycles. The number of anilines is 1. The highest BCUT2D eigenvalue weighted by molar-refractivity contribution is 5.46. The van der Waals surface area contributed by atoms with E-state index in [2.05, 4.69) is 10.6 Å². The molecule has 0 saturated carbocycles. The van der Waals surface area contributed by atoms with Crippen molar-refractivity contribution < 1.29 is 10.2 Å². The molecule has 4 nitrogen and oxygen atoms in total. The lowest BCUT2D eigenvalue weighted by atomic mass is 10.1. The Kier molecular flexibility index (Phi) is 4.93. The van der Waals surface area contributed by atoms with Gasteiger partial charge in [0.2, 0.25) is 0 Å². The molecule has 0 aromatic heterocycles. The summed E-state index contributed by atoms with van der Waals surface area (Å²) in [6.07, 6.45) is -0.764. The van der Waals surface area contributed by atoms with Gasteiger partial charge < -0.3 is 15.5 Å². The van der Waals surface area contributed by atoms with Gasteiger partial charge in [-0.3, -0.25) is 5.32 Å². The zero-order valence-electron chi connectivity index (χ0n) is 10.7. The molecule has 1 unspecified atom stereocenters.